The third kappa shape index (κ3) is 5.23. The van der Waals surface area contributed by atoms with Crippen molar-refractivity contribution in [3.8, 4) is 0 Å². The Balaban J connectivity index is 2.70. The van der Waals surface area contributed by atoms with Gasteiger partial charge in [-0.1, -0.05) is 0 Å². The monoisotopic (exact) mass is 320 g/mol. The van der Waals surface area contributed by atoms with Gasteiger partial charge in [-0.05, 0) is 25.5 Å². The third-order valence-corrected chi connectivity index (χ3v) is 2.70. The number of halogens is 3. The third-order valence-electron chi connectivity index (χ3n) is 2.70. The van der Waals surface area contributed by atoms with Crippen molar-refractivity contribution in [1.82, 2.24) is 0 Å². The van der Waals surface area contributed by atoms with E-state index >= 15 is 0 Å². The van der Waals surface area contributed by atoms with Gasteiger partial charge >= 0.3 is 12.1 Å². The van der Waals surface area contributed by atoms with Crippen LogP contribution in [-0.4, -0.2) is 24.0 Å². The first-order valence-electron chi connectivity index (χ1n) is 6.50. The number of carbonyl (C=O) groups excluding carboxylic acids is 1. The van der Waals surface area contributed by atoms with Gasteiger partial charge in [-0.2, -0.15) is 13.2 Å². The molecule has 0 aliphatic carbocycles. The second-order valence-electron chi connectivity index (χ2n) is 4.32. The van der Waals surface area contributed by atoms with Crippen LogP contribution in [0.4, 0.5) is 24.5 Å². The summed E-state index contributed by atoms with van der Waals surface area (Å²) in [7, 11) is 0. The Kier molecular flexibility index (Phi) is 6.14. The molecule has 22 heavy (non-hydrogen) atoms. The fraction of sp³-hybridized carbons (Fsp3) is 0.462. The molecule has 0 amide bonds. The molecule has 1 N–H and O–H groups in total. The Morgan fingerprint density at radius 1 is 1.41 bits per heavy atom. The number of hydrogen-bond acceptors (Lipinski definition) is 5. The molecule has 9 heteroatoms. The summed E-state index contributed by atoms with van der Waals surface area (Å²) in [5.74, 6) is -0.397. The molecule has 1 rings (SSSR count). The maximum atomic E-state index is 12.5. The van der Waals surface area contributed by atoms with Crippen LogP contribution in [0.25, 0.3) is 0 Å². The molecule has 0 unspecified atom stereocenters. The molecule has 0 atom stereocenters. The Labute approximate surface area is 124 Å². The number of ether oxygens (including phenoxy) is 1. The molecule has 0 aliphatic rings. The molecular weight excluding hydrogens is 305 g/mol. The van der Waals surface area contributed by atoms with Crippen molar-refractivity contribution in [3.63, 3.8) is 0 Å². The lowest BCUT2D eigenvalue weighted by atomic mass is 10.1. The van der Waals surface area contributed by atoms with Crippen molar-refractivity contribution < 1.29 is 27.6 Å². The van der Waals surface area contributed by atoms with E-state index in [-0.39, 0.29) is 25.3 Å². The highest BCUT2D eigenvalue weighted by Gasteiger charge is 2.32. The van der Waals surface area contributed by atoms with Crippen LogP contribution < -0.4 is 5.32 Å². The van der Waals surface area contributed by atoms with E-state index in [9.17, 15) is 28.1 Å². The lowest BCUT2D eigenvalue weighted by Gasteiger charge is -2.10. The first-order valence-corrected chi connectivity index (χ1v) is 6.50. The van der Waals surface area contributed by atoms with E-state index in [0.717, 1.165) is 12.1 Å². The van der Waals surface area contributed by atoms with Gasteiger partial charge in [0.05, 0.1) is 17.1 Å². The highest BCUT2D eigenvalue weighted by atomic mass is 19.4. The van der Waals surface area contributed by atoms with Crippen molar-refractivity contribution in [3.05, 3.63) is 33.9 Å². The zero-order valence-electron chi connectivity index (χ0n) is 11.8. The lowest BCUT2D eigenvalue weighted by molar-refractivity contribution is -0.384. The van der Waals surface area contributed by atoms with E-state index in [1.807, 2.05) is 0 Å². The number of esters is 1. The number of nitro benzene ring substituents is 1. The van der Waals surface area contributed by atoms with Crippen LogP contribution in [0, 0.1) is 10.1 Å². The number of carbonyl (C=O) groups is 1. The largest absolute Gasteiger partial charge is 0.466 e. The summed E-state index contributed by atoms with van der Waals surface area (Å²) in [5, 5.41) is 13.5. The Morgan fingerprint density at radius 3 is 2.64 bits per heavy atom. The fourth-order valence-electron chi connectivity index (χ4n) is 1.70. The van der Waals surface area contributed by atoms with Crippen molar-refractivity contribution in [2.24, 2.45) is 0 Å². The van der Waals surface area contributed by atoms with Crippen LogP contribution in [-0.2, 0) is 15.7 Å². The van der Waals surface area contributed by atoms with E-state index in [0.29, 0.717) is 12.5 Å². The predicted octanol–water partition coefficient (Wildman–Crippen LogP) is 3.37. The van der Waals surface area contributed by atoms with E-state index in [1.54, 1.807) is 6.92 Å². The van der Waals surface area contributed by atoms with Gasteiger partial charge in [-0.15, -0.1) is 0 Å². The minimum Gasteiger partial charge on any atom is -0.466 e. The molecule has 0 radical (unpaired) electrons. The molecule has 0 spiro atoms. The van der Waals surface area contributed by atoms with Gasteiger partial charge in [0.1, 0.15) is 5.69 Å². The summed E-state index contributed by atoms with van der Waals surface area (Å²) in [6.45, 7) is 2.13. The average molecular weight is 320 g/mol. The first-order chi connectivity index (χ1) is 10.3. The van der Waals surface area contributed by atoms with Gasteiger partial charge in [0, 0.05) is 19.0 Å². The smallest absolute Gasteiger partial charge is 0.416 e. The number of anilines is 1. The van der Waals surface area contributed by atoms with E-state index < -0.39 is 28.3 Å². The first kappa shape index (κ1) is 17.7. The summed E-state index contributed by atoms with van der Waals surface area (Å²) < 4.78 is 42.3. The fourth-order valence-corrected chi connectivity index (χ4v) is 1.70. The number of benzene rings is 1. The summed E-state index contributed by atoms with van der Waals surface area (Å²) in [6, 6.07) is 2.25. The second kappa shape index (κ2) is 7.62. The molecule has 0 aromatic heterocycles. The Hall–Kier alpha value is -2.32. The van der Waals surface area contributed by atoms with Crippen LogP contribution in [0.1, 0.15) is 25.3 Å². The van der Waals surface area contributed by atoms with Gasteiger partial charge in [0.2, 0.25) is 0 Å². The number of alkyl halides is 3. The number of nitrogens with one attached hydrogen (secondary N) is 1. The quantitative estimate of drug-likeness (QED) is 0.360. The predicted molar refractivity (Wildman–Crippen MR) is 72.5 cm³/mol. The van der Waals surface area contributed by atoms with Gasteiger partial charge in [-0.3, -0.25) is 14.9 Å². The molecule has 1 aromatic carbocycles. The molecule has 0 heterocycles. The van der Waals surface area contributed by atoms with Gasteiger partial charge < -0.3 is 10.1 Å². The van der Waals surface area contributed by atoms with Crippen molar-refractivity contribution in [2.75, 3.05) is 18.5 Å². The lowest BCUT2D eigenvalue weighted by Crippen LogP contribution is -2.10. The summed E-state index contributed by atoms with van der Waals surface area (Å²) in [4.78, 5) is 21.1. The topological polar surface area (TPSA) is 81.5 Å². The van der Waals surface area contributed by atoms with Crippen LogP contribution >= 0.6 is 0 Å². The Bertz CT molecular complexity index is 547. The zero-order valence-corrected chi connectivity index (χ0v) is 11.8. The highest BCUT2D eigenvalue weighted by Crippen LogP contribution is 2.34. The molecule has 0 aliphatic heterocycles. The molecule has 6 nitrogen and oxygen atoms in total. The van der Waals surface area contributed by atoms with Crippen molar-refractivity contribution >= 4 is 17.3 Å². The van der Waals surface area contributed by atoms with Crippen molar-refractivity contribution in [1.29, 1.82) is 0 Å². The molecule has 1 aromatic rings. The molecule has 0 saturated carbocycles. The average Bonchev–Trinajstić information content (AvgIpc) is 2.42. The standard InChI is InChI=1S/C13H15F3N2O4/c1-2-22-12(19)4-3-7-17-10-6-5-9(13(14,15)16)8-11(10)18(20)21/h5-6,8,17H,2-4,7H2,1H3. The Morgan fingerprint density at radius 2 is 2.09 bits per heavy atom. The van der Waals surface area contributed by atoms with Gasteiger partial charge in [0.25, 0.3) is 5.69 Å². The molecule has 0 bridgehead atoms. The summed E-state index contributed by atoms with van der Waals surface area (Å²) in [5.41, 5.74) is -1.77. The van der Waals surface area contributed by atoms with E-state index in [1.165, 1.54) is 0 Å². The number of nitrogens with zero attached hydrogens (tertiary/aromatic N) is 1. The molecule has 0 fully saturated rings. The van der Waals surface area contributed by atoms with Crippen LogP contribution in [0.2, 0.25) is 0 Å². The van der Waals surface area contributed by atoms with Crippen LogP contribution in [0.3, 0.4) is 0 Å². The van der Waals surface area contributed by atoms with Gasteiger partial charge in [-0.25, -0.2) is 0 Å². The molecular formula is C13H15F3N2O4. The maximum Gasteiger partial charge on any atom is 0.416 e. The summed E-state index contributed by atoms with van der Waals surface area (Å²) in [6.07, 6.45) is -4.18. The SMILES string of the molecule is CCOC(=O)CCCNc1ccc(C(F)(F)F)cc1[N+](=O)[O-]. The second-order valence-corrected chi connectivity index (χ2v) is 4.32. The molecule has 0 saturated heterocycles. The normalized spacial score (nSPS) is 11.1. The number of nitro groups is 1. The van der Waals surface area contributed by atoms with Crippen LogP contribution in [0.15, 0.2) is 18.2 Å². The van der Waals surface area contributed by atoms with E-state index in [4.69, 9.17) is 4.74 Å². The minimum absolute atomic E-state index is 0.0261. The van der Waals surface area contributed by atoms with Gasteiger partial charge in [0.15, 0.2) is 0 Å². The zero-order chi connectivity index (χ0) is 16.8. The van der Waals surface area contributed by atoms with E-state index in [2.05, 4.69) is 5.32 Å². The number of rotatable bonds is 7. The molecule has 122 valence electrons. The van der Waals surface area contributed by atoms with Crippen molar-refractivity contribution in [2.45, 2.75) is 25.9 Å². The maximum absolute atomic E-state index is 12.5. The highest BCUT2D eigenvalue weighted by molar-refractivity contribution is 5.69. The van der Waals surface area contributed by atoms with Crippen LogP contribution in [0.5, 0.6) is 0 Å². The number of hydrogen-bond donors (Lipinski definition) is 1. The minimum atomic E-state index is -4.65. The summed E-state index contributed by atoms with van der Waals surface area (Å²) >= 11 is 0.